The number of carbonyl (C=O) groups excluding carboxylic acids is 2. The number of hydrogen-bond acceptors (Lipinski definition) is 3. The van der Waals surface area contributed by atoms with Crippen molar-refractivity contribution in [3.63, 3.8) is 0 Å². The van der Waals surface area contributed by atoms with Crippen LogP contribution in [-0.4, -0.2) is 20.6 Å². The van der Waals surface area contributed by atoms with Crippen molar-refractivity contribution in [2.75, 3.05) is 0 Å². The first-order valence-corrected chi connectivity index (χ1v) is 11.3. The summed E-state index contributed by atoms with van der Waals surface area (Å²) in [4.78, 5) is 27.2. The highest BCUT2D eigenvalue weighted by Crippen LogP contribution is 2.35. The van der Waals surface area contributed by atoms with Crippen LogP contribution in [0.15, 0.2) is 64.0 Å². The zero-order chi connectivity index (χ0) is 21.4. The quantitative estimate of drug-likeness (QED) is 0.372. The van der Waals surface area contributed by atoms with Crippen LogP contribution >= 0.6 is 39.3 Å². The van der Waals surface area contributed by atoms with Crippen LogP contribution in [0.25, 0.3) is 11.8 Å². The molecule has 0 spiro atoms. The normalized spacial score (nSPS) is 15.5. The van der Waals surface area contributed by atoms with Gasteiger partial charge < -0.3 is 4.57 Å². The van der Waals surface area contributed by atoms with Crippen LogP contribution in [0.2, 0.25) is 5.02 Å². The highest BCUT2D eigenvalue weighted by atomic mass is 79.9. The topological polar surface area (TPSA) is 42.3 Å². The molecule has 2 aromatic carbocycles. The van der Waals surface area contributed by atoms with E-state index >= 15 is 0 Å². The van der Waals surface area contributed by atoms with Gasteiger partial charge in [0.25, 0.3) is 11.1 Å². The number of thioether (sulfide) groups is 1. The molecule has 7 heteroatoms. The molecule has 2 amide bonds. The van der Waals surface area contributed by atoms with Gasteiger partial charge in [0.1, 0.15) is 0 Å². The van der Waals surface area contributed by atoms with Crippen molar-refractivity contribution >= 4 is 56.5 Å². The van der Waals surface area contributed by atoms with Crippen molar-refractivity contribution < 1.29 is 9.59 Å². The van der Waals surface area contributed by atoms with Crippen molar-refractivity contribution in [1.82, 2.24) is 9.47 Å². The minimum atomic E-state index is -0.275. The van der Waals surface area contributed by atoms with Crippen molar-refractivity contribution in [3.05, 3.63) is 91.5 Å². The maximum atomic E-state index is 12.9. The molecule has 3 aromatic rings. The smallest absolute Gasteiger partial charge is 0.293 e. The van der Waals surface area contributed by atoms with E-state index in [2.05, 4.69) is 20.5 Å². The van der Waals surface area contributed by atoms with Crippen molar-refractivity contribution in [3.8, 4) is 5.69 Å². The minimum absolute atomic E-state index is 0.238. The van der Waals surface area contributed by atoms with Crippen LogP contribution in [0, 0.1) is 13.8 Å². The number of halogens is 2. The molecule has 4 rings (SSSR count). The minimum Gasteiger partial charge on any atom is -0.316 e. The zero-order valence-electron chi connectivity index (χ0n) is 16.4. The number of aryl methyl sites for hydroxylation is 1. The van der Waals surface area contributed by atoms with E-state index in [0.29, 0.717) is 9.93 Å². The van der Waals surface area contributed by atoms with Crippen LogP contribution in [0.5, 0.6) is 0 Å². The third-order valence-electron chi connectivity index (χ3n) is 5.01. The first-order chi connectivity index (χ1) is 14.4. The first-order valence-electron chi connectivity index (χ1n) is 9.29. The predicted octanol–water partition coefficient (Wildman–Crippen LogP) is 6.75. The van der Waals surface area contributed by atoms with Gasteiger partial charge in [-0.25, -0.2) is 0 Å². The third-order valence-corrected chi connectivity index (χ3v) is 7.01. The molecule has 1 aliphatic heterocycles. The molecule has 0 N–H and O–H groups in total. The SMILES string of the molecule is Cc1cc(/C=C2\SC(=O)N(Cc3ccccc3Br)C2=O)c(C)n1-c1ccccc1Cl. The van der Waals surface area contributed by atoms with Gasteiger partial charge in [-0.15, -0.1) is 0 Å². The molecule has 1 aromatic heterocycles. The van der Waals surface area contributed by atoms with Gasteiger partial charge in [-0.3, -0.25) is 14.5 Å². The first kappa shape index (κ1) is 21.0. The number of para-hydroxylation sites is 1. The van der Waals surface area contributed by atoms with Crippen LogP contribution < -0.4 is 0 Å². The second-order valence-corrected chi connectivity index (χ2v) is 9.23. The summed E-state index contributed by atoms with van der Waals surface area (Å²) in [5, 5.41) is 0.390. The average molecular weight is 502 g/mol. The Labute approximate surface area is 192 Å². The maximum Gasteiger partial charge on any atom is 0.293 e. The molecule has 0 aliphatic carbocycles. The van der Waals surface area contributed by atoms with E-state index < -0.39 is 0 Å². The summed E-state index contributed by atoms with van der Waals surface area (Å²) in [6.45, 7) is 4.21. The fourth-order valence-corrected chi connectivity index (χ4v) is 4.97. The number of imide groups is 1. The zero-order valence-corrected chi connectivity index (χ0v) is 19.5. The lowest BCUT2D eigenvalue weighted by Gasteiger charge is -2.13. The molecule has 0 bridgehead atoms. The van der Waals surface area contributed by atoms with Gasteiger partial charge in [-0.05, 0) is 67.1 Å². The molecule has 0 radical (unpaired) electrons. The molecule has 1 aliphatic rings. The summed E-state index contributed by atoms with van der Waals surface area (Å²) >= 11 is 10.8. The van der Waals surface area contributed by atoms with Gasteiger partial charge >= 0.3 is 0 Å². The molecule has 4 nitrogen and oxygen atoms in total. The Morgan fingerprint density at radius 1 is 1.07 bits per heavy atom. The molecule has 1 saturated heterocycles. The van der Waals surface area contributed by atoms with Crippen molar-refractivity contribution in [1.29, 1.82) is 0 Å². The molecule has 0 unspecified atom stereocenters. The summed E-state index contributed by atoms with van der Waals surface area (Å²) in [5.41, 5.74) is 4.62. The Bertz CT molecular complexity index is 1200. The lowest BCUT2D eigenvalue weighted by atomic mass is 10.2. The number of rotatable bonds is 4. The Morgan fingerprint density at radius 2 is 1.77 bits per heavy atom. The Balaban J connectivity index is 1.66. The molecular formula is C23H18BrClN2O2S. The van der Waals surface area contributed by atoms with Gasteiger partial charge in [0, 0.05) is 15.9 Å². The Morgan fingerprint density at radius 3 is 2.50 bits per heavy atom. The standard InChI is InChI=1S/C23H18BrClN2O2S/c1-14-11-17(15(2)27(14)20-10-6-5-9-19(20)25)12-21-22(28)26(23(29)30-21)13-16-7-3-4-8-18(16)24/h3-12H,13H2,1-2H3/b21-12-. The summed E-state index contributed by atoms with van der Waals surface area (Å²) < 4.78 is 2.93. The monoisotopic (exact) mass is 500 g/mol. The number of hydrogen-bond donors (Lipinski definition) is 0. The lowest BCUT2D eigenvalue weighted by molar-refractivity contribution is -0.123. The number of benzene rings is 2. The Kier molecular flexibility index (Phi) is 5.91. The molecule has 152 valence electrons. The van der Waals surface area contributed by atoms with E-state index in [1.807, 2.05) is 68.4 Å². The van der Waals surface area contributed by atoms with Gasteiger partial charge in [-0.1, -0.05) is 57.9 Å². The Hall–Kier alpha value is -2.28. The van der Waals surface area contributed by atoms with Gasteiger partial charge in [-0.2, -0.15) is 0 Å². The number of carbonyl (C=O) groups is 2. The van der Waals surface area contributed by atoms with Crippen molar-refractivity contribution in [2.45, 2.75) is 20.4 Å². The van der Waals surface area contributed by atoms with E-state index in [9.17, 15) is 9.59 Å². The van der Waals surface area contributed by atoms with Crippen LogP contribution in [-0.2, 0) is 11.3 Å². The molecule has 1 fully saturated rings. The summed E-state index contributed by atoms with van der Waals surface area (Å²) in [7, 11) is 0. The molecule has 30 heavy (non-hydrogen) atoms. The predicted molar refractivity (Wildman–Crippen MR) is 126 cm³/mol. The fourth-order valence-electron chi connectivity index (χ4n) is 3.51. The molecule has 0 atom stereocenters. The third kappa shape index (κ3) is 3.87. The number of nitrogens with zero attached hydrogens (tertiary/aromatic N) is 2. The summed E-state index contributed by atoms with van der Waals surface area (Å²) in [6.07, 6.45) is 1.79. The largest absolute Gasteiger partial charge is 0.316 e. The van der Waals surface area contributed by atoms with E-state index in [-0.39, 0.29) is 17.7 Å². The van der Waals surface area contributed by atoms with Crippen molar-refractivity contribution in [2.24, 2.45) is 0 Å². The van der Waals surface area contributed by atoms with Crippen LogP contribution in [0.4, 0.5) is 4.79 Å². The molecule has 0 saturated carbocycles. The average Bonchev–Trinajstić information content (AvgIpc) is 3.14. The summed E-state index contributed by atoms with van der Waals surface area (Å²) in [5.74, 6) is -0.275. The van der Waals surface area contributed by atoms with E-state index in [0.717, 1.165) is 44.4 Å². The van der Waals surface area contributed by atoms with Gasteiger partial charge in [0.05, 0.1) is 22.2 Å². The fraction of sp³-hybridized carbons (Fsp3) is 0.130. The summed E-state index contributed by atoms with van der Waals surface area (Å²) in [6, 6.07) is 17.2. The highest BCUT2D eigenvalue weighted by Gasteiger charge is 2.35. The van der Waals surface area contributed by atoms with Gasteiger partial charge in [0.2, 0.25) is 0 Å². The van der Waals surface area contributed by atoms with E-state index in [1.165, 1.54) is 4.90 Å². The molecular weight excluding hydrogens is 484 g/mol. The maximum absolute atomic E-state index is 12.9. The number of aromatic nitrogens is 1. The number of amides is 2. The molecule has 2 heterocycles. The second kappa shape index (κ2) is 8.46. The van der Waals surface area contributed by atoms with Crippen LogP contribution in [0.1, 0.15) is 22.5 Å². The van der Waals surface area contributed by atoms with Gasteiger partial charge in [0.15, 0.2) is 0 Å². The highest BCUT2D eigenvalue weighted by molar-refractivity contribution is 9.10. The second-order valence-electron chi connectivity index (χ2n) is 6.97. The lowest BCUT2D eigenvalue weighted by Crippen LogP contribution is -2.27. The van der Waals surface area contributed by atoms with E-state index in [1.54, 1.807) is 6.08 Å². The van der Waals surface area contributed by atoms with Crippen LogP contribution in [0.3, 0.4) is 0 Å². The van der Waals surface area contributed by atoms with E-state index in [4.69, 9.17) is 11.6 Å².